The molecule has 0 aliphatic carbocycles. The summed E-state index contributed by atoms with van der Waals surface area (Å²) in [7, 11) is 0. The molecule has 0 fully saturated rings. The van der Waals surface area contributed by atoms with Gasteiger partial charge in [-0.2, -0.15) is 0 Å². The summed E-state index contributed by atoms with van der Waals surface area (Å²) >= 11 is 5.71. The summed E-state index contributed by atoms with van der Waals surface area (Å²) in [5.41, 5.74) is 10.2. The zero-order valence-corrected chi connectivity index (χ0v) is 13.1. The van der Waals surface area contributed by atoms with Crippen LogP contribution in [0.3, 0.4) is 0 Å². The van der Waals surface area contributed by atoms with Crippen LogP contribution in [0.25, 0.3) is 11.1 Å². The molecule has 2 N–H and O–H groups in total. The van der Waals surface area contributed by atoms with E-state index in [2.05, 4.69) is 10.9 Å². The van der Waals surface area contributed by atoms with E-state index in [0.29, 0.717) is 6.54 Å². The summed E-state index contributed by atoms with van der Waals surface area (Å²) in [6.07, 6.45) is 0. The lowest BCUT2D eigenvalue weighted by atomic mass is 10.0. The number of nitrogens with one attached hydrogen (secondary N) is 2. The second-order valence-electron chi connectivity index (χ2n) is 5.17. The topological polar surface area (TPSA) is 24.1 Å². The van der Waals surface area contributed by atoms with Gasteiger partial charge < -0.3 is 5.43 Å². The van der Waals surface area contributed by atoms with Gasteiger partial charge >= 0.3 is 0 Å². The van der Waals surface area contributed by atoms with Crippen LogP contribution in [-0.2, 0) is 6.54 Å². The Hall–Kier alpha value is -2.36. The minimum absolute atomic E-state index is 0.140. The molecule has 3 aromatic carbocycles. The maximum absolute atomic E-state index is 13.5. The van der Waals surface area contributed by atoms with Crippen LogP contribution in [0.15, 0.2) is 72.8 Å². The predicted octanol–water partition coefficient (Wildman–Crippen LogP) is 5.26. The van der Waals surface area contributed by atoms with Crippen molar-refractivity contribution in [3.63, 3.8) is 0 Å². The van der Waals surface area contributed by atoms with Crippen LogP contribution in [-0.4, -0.2) is 0 Å². The first kappa shape index (κ1) is 15.5. The Labute approximate surface area is 139 Å². The second kappa shape index (κ2) is 7.27. The van der Waals surface area contributed by atoms with E-state index in [1.807, 2.05) is 60.7 Å². The van der Waals surface area contributed by atoms with Gasteiger partial charge in [0.1, 0.15) is 5.82 Å². The highest BCUT2D eigenvalue weighted by Gasteiger charge is 2.03. The quantitative estimate of drug-likeness (QED) is 0.625. The van der Waals surface area contributed by atoms with Gasteiger partial charge in [0, 0.05) is 12.2 Å². The number of halogens is 2. The van der Waals surface area contributed by atoms with Crippen molar-refractivity contribution in [2.75, 3.05) is 5.43 Å². The van der Waals surface area contributed by atoms with Crippen LogP contribution < -0.4 is 10.9 Å². The van der Waals surface area contributed by atoms with E-state index in [4.69, 9.17) is 11.6 Å². The molecule has 0 amide bonds. The van der Waals surface area contributed by atoms with Crippen LogP contribution in [0.1, 0.15) is 5.56 Å². The van der Waals surface area contributed by atoms with E-state index in [1.165, 1.54) is 6.07 Å². The van der Waals surface area contributed by atoms with Crippen molar-refractivity contribution in [3.05, 3.63) is 89.2 Å². The molecule has 23 heavy (non-hydrogen) atoms. The monoisotopic (exact) mass is 326 g/mol. The van der Waals surface area contributed by atoms with E-state index in [9.17, 15) is 4.39 Å². The standard InChI is InChI=1S/C19H16ClFN2/c20-18-11-10-16(12-19(18)21)15-8-6-14(7-9-15)13-22-23-17-4-2-1-3-5-17/h1-12,22-23H,13H2. The van der Waals surface area contributed by atoms with E-state index in [1.54, 1.807) is 6.07 Å². The lowest BCUT2D eigenvalue weighted by Crippen LogP contribution is -2.20. The molecule has 0 radical (unpaired) electrons. The minimum Gasteiger partial charge on any atom is -0.321 e. The molecule has 4 heteroatoms. The Kier molecular flexibility index (Phi) is 4.91. The molecule has 0 saturated carbocycles. The first-order valence-electron chi connectivity index (χ1n) is 7.31. The average Bonchev–Trinajstić information content (AvgIpc) is 2.59. The smallest absolute Gasteiger partial charge is 0.142 e. The average molecular weight is 327 g/mol. The molecule has 0 spiro atoms. The molecule has 2 nitrogen and oxygen atoms in total. The molecule has 0 aliphatic rings. The van der Waals surface area contributed by atoms with E-state index < -0.39 is 5.82 Å². The summed E-state index contributed by atoms with van der Waals surface area (Å²) in [6, 6.07) is 22.7. The molecule has 116 valence electrons. The third kappa shape index (κ3) is 4.09. The number of hydrogen-bond acceptors (Lipinski definition) is 2. The number of hydrazine groups is 1. The van der Waals surface area contributed by atoms with Gasteiger partial charge in [0.05, 0.1) is 5.02 Å². The Morgan fingerprint density at radius 2 is 1.52 bits per heavy atom. The molecule has 3 rings (SSSR count). The summed E-state index contributed by atoms with van der Waals surface area (Å²) < 4.78 is 13.5. The highest BCUT2D eigenvalue weighted by Crippen LogP contribution is 2.24. The van der Waals surface area contributed by atoms with Crippen molar-refractivity contribution < 1.29 is 4.39 Å². The predicted molar refractivity (Wildman–Crippen MR) is 93.8 cm³/mol. The third-order valence-electron chi connectivity index (χ3n) is 3.51. The Morgan fingerprint density at radius 1 is 0.826 bits per heavy atom. The fourth-order valence-electron chi connectivity index (χ4n) is 2.26. The van der Waals surface area contributed by atoms with E-state index in [0.717, 1.165) is 22.4 Å². The number of rotatable bonds is 5. The van der Waals surface area contributed by atoms with Gasteiger partial charge in [0.15, 0.2) is 0 Å². The number of anilines is 1. The molecular formula is C19H16ClFN2. The SMILES string of the molecule is Fc1cc(-c2ccc(CNNc3ccccc3)cc2)ccc1Cl. The van der Waals surface area contributed by atoms with Gasteiger partial charge in [-0.15, -0.1) is 0 Å². The fraction of sp³-hybridized carbons (Fsp3) is 0.0526. The summed E-state index contributed by atoms with van der Waals surface area (Å²) in [5.74, 6) is -0.401. The minimum atomic E-state index is -0.401. The first-order valence-corrected chi connectivity index (χ1v) is 7.68. The van der Waals surface area contributed by atoms with E-state index >= 15 is 0 Å². The van der Waals surface area contributed by atoms with Crippen LogP contribution in [0, 0.1) is 5.82 Å². The maximum atomic E-state index is 13.5. The van der Waals surface area contributed by atoms with Gasteiger partial charge in [-0.1, -0.05) is 60.1 Å². The molecule has 0 atom stereocenters. The molecule has 0 aliphatic heterocycles. The van der Waals surface area contributed by atoms with Crippen LogP contribution in [0.4, 0.5) is 10.1 Å². The maximum Gasteiger partial charge on any atom is 0.142 e. The molecular weight excluding hydrogens is 311 g/mol. The normalized spacial score (nSPS) is 10.5. The lowest BCUT2D eigenvalue weighted by Gasteiger charge is -2.09. The summed E-state index contributed by atoms with van der Waals surface area (Å²) in [4.78, 5) is 0. The van der Waals surface area contributed by atoms with Gasteiger partial charge in [0.25, 0.3) is 0 Å². The lowest BCUT2D eigenvalue weighted by molar-refractivity contribution is 0.629. The van der Waals surface area contributed by atoms with Crippen molar-refractivity contribution in [2.45, 2.75) is 6.54 Å². The fourth-order valence-corrected chi connectivity index (χ4v) is 2.38. The Morgan fingerprint density at radius 3 is 2.22 bits per heavy atom. The largest absolute Gasteiger partial charge is 0.321 e. The van der Waals surface area contributed by atoms with Crippen molar-refractivity contribution in [3.8, 4) is 11.1 Å². The molecule has 0 unspecified atom stereocenters. The van der Waals surface area contributed by atoms with Crippen molar-refractivity contribution >= 4 is 17.3 Å². The van der Waals surface area contributed by atoms with Crippen LogP contribution in [0.2, 0.25) is 5.02 Å². The Bertz CT molecular complexity index is 773. The highest BCUT2D eigenvalue weighted by atomic mass is 35.5. The number of para-hydroxylation sites is 1. The molecule has 0 bridgehead atoms. The van der Waals surface area contributed by atoms with Crippen molar-refractivity contribution in [2.24, 2.45) is 0 Å². The Balaban J connectivity index is 1.61. The van der Waals surface area contributed by atoms with E-state index in [-0.39, 0.29) is 5.02 Å². The summed E-state index contributed by atoms with van der Waals surface area (Å²) in [6.45, 7) is 0.685. The third-order valence-corrected chi connectivity index (χ3v) is 3.81. The molecule has 0 saturated heterocycles. The zero-order chi connectivity index (χ0) is 16.1. The van der Waals surface area contributed by atoms with Gasteiger partial charge in [-0.25, -0.2) is 9.82 Å². The van der Waals surface area contributed by atoms with Gasteiger partial charge in [-0.3, -0.25) is 0 Å². The molecule has 0 aromatic heterocycles. The molecule has 0 heterocycles. The number of benzene rings is 3. The number of hydrogen-bond donors (Lipinski definition) is 2. The van der Waals surface area contributed by atoms with Gasteiger partial charge in [-0.05, 0) is 41.0 Å². The van der Waals surface area contributed by atoms with Crippen LogP contribution in [0.5, 0.6) is 0 Å². The van der Waals surface area contributed by atoms with Crippen molar-refractivity contribution in [1.82, 2.24) is 5.43 Å². The summed E-state index contributed by atoms with van der Waals surface area (Å²) in [5, 5.41) is 0.140. The molecule has 3 aromatic rings. The van der Waals surface area contributed by atoms with Crippen molar-refractivity contribution in [1.29, 1.82) is 0 Å². The zero-order valence-electron chi connectivity index (χ0n) is 12.4. The van der Waals surface area contributed by atoms with Crippen LogP contribution >= 0.6 is 11.6 Å². The van der Waals surface area contributed by atoms with Gasteiger partial charge in [0.2, 0.25) is 0 Å². The second-order valence-corrected chi connectivity index (χ2v) is 5.58. The first-order chi connectivity index (χ1) is 11.2. The highest BCUT2D eigenvalue weighted by molar-refractivity contribution is 6.30.